The lowest BCUT2D eigenvalue weighted by atomic mass is 10.0. The Labute approximate surface area is 144 Å². The van der Waals surface area contributed by atoms with Crippen LogP contribution in [-0.4, -0.2) is 33.5 Å². The number of nitrogens with zero attached hydrogens (tertiary/aromatic N) is 3. The summed E-state index contributed by atoms with van der Waals surface area (Å²) in [5, 5.41) is 3.03. The van der Waals surface area contributed by atoms with E-state index < -0.39 is 0 Å². The van der Waals surface area contributed by atoms with Crippen molar-refractivity contribution in [2.75, 3.05) is 13.2 Å². The van der Waals surface area contributed by atoms with Gasteiger partial charge in [0.25, 0.3) is 5.91 Å². The molecule has 1 unspecified atom stereocenters. The molecule has 2 aromatic heterocycles. The molecule has 1 amide bonds. The summed E-state index contributed by atoms with van der Waals surface area (Å²) < 4.78 is 12.9. The van der Waals surface area contributed by atoms with Crippen molar-refractivity contribution in [3.63, 3.8) is 0 Å². The van der Waals surface area contributed by atoms with E-state index in [1.807, 2.05) is 31.3 Å². The van der Waals surface area contributed by atoms with E-state index in [4.69, 9.17) is 9.47 Å². The number of aromatic nitrogens is 3. The lowest BCUT2D eigenvalue weighted by molar-refractivity contribution is 0.0931. The second kappa shape index (κ2) is 6.43. The van der Waals surface area contributed by atoms with Crippen molar-refractivity contribution in [3.05, 3.63) is 54.1 Å². The number of hydrogen-bond acceptors (Lipinski definition) is 5. The standard InChI is InChI=1S/C18H18N4O3/c1-2-13(12-4-5-15-16(10-12)25-9-8-24-15)20-17(23)14-11-22-7-3-6-19-18(22)21-14/h3-7,10-11,13H,2,8-9H2,1H3,(H,20,23). The quantitative estimate of drug-likeness (QED) is 0.790. The van der Waals surface area contributed by atoms with Gasteiger partial charge in [-0.2, -0.15) is 0 Å². The van der Waals surface area contributed by atoms with Crippen LogP contribution in [0.3, 0.4) is 0 Å². The largest absolute Gasteiger partial charge is 0.486 e. The number of ether oxygens (including phenoxy) is 2. The van der Waals surface area contributed by atoms with Crippen LogP contribution in [0.2, 0.25) is 0 Å². The third kappa shape index (κ3) is 3.00. The van der Waals surface area contributed by atoms with Crippen LogP contribution in [0.4, 0.5) is 0 Å². The molecule has 0 bridgehead atoms. The van der Waals surface area contributed by atoms with Gasteiger partial charge in [0, 0.05) is 18.6 Å². The van der Waals surface area contributed by atoms with Gasteiger partial charge in [-0.3, -0.25) is 9.20 Å². The van der Waals surface area contributed by atoms with E-state index >= 15 is 0 Å². The zero-order valence-electron chi connectivity index (χ0n) is 13.8. The Morgan fingerprint density at radius 2 is 2.16 bits per heavy atom. The molecular weight excluding hydrogens is 320 g/mol. The van der Waals surface area contributed by atoms with Gasteiger partial charge in [-0.05, 0) is 30.2 Å². The lowest BCUT2D eigenvalue weighted by Crippen LogP contribution is -2.28. The van der Waals surface area contributed by atoms with Crippen molar-refractivity contribution in [1.29, 1.82) is 0 Å². The highest BCUT2D eigenvalue weighted by Crippen LogP contribution is 2.33. The van der Waals surface area contributed by atoms with E-state index in [0.717, 1.165) is 17.7 Å². The minimum absolute atomic E-state index is 0.138. The highest BCUT2D eigenvalue weighted by molar-refractivity contribution is 5.93. The molecule has 128 valence electrons. The molecule has 1 atom stereocenters. The van der Waals surface area contributed by atoms with Crippen molar-refractivity contribution in [1.82, 2.24) is 19.7 Å². The maximum atomic E-state index is 12.6. The van der Waals surface area contributed by atoms with Crippen LogP contribution >= 0.6 is 0 Å². The minimum atomic E-state index is -0.229. The van der Waals surface area contributed by atoms with Crippen LogP contribution < -0.4 is 14.8 Å². The predicted molar refractivity (Wildman–Crippen MR) is 90.9 cm³/mol. The van der Waals surface area contributed by atoms with Gasteiger partial charge < -0.3 is 14.8 Å². The fourth-order valence-corrected chi connectivity index (χ4v) is 2.87. The lowest BCUT2D eigenvalue weighted by Gasteiger charge is -2.22. The third-order valence-electron chi connectivity index (χ3n) is 4.15. The van der Waals surface area contributed by atoms with Crippen LogP contribution in [0.15, 0.2) is 42.9 Å². The number of carbonyl (C=O) groups is 1. The van der Waals surface area contributed by atoms with E-state index in [2.05, 4.69) is 15.3 Å². The number of rotatable bonds is 4. The summed E-state index contributed by atoms with van der Waals surface area (Å²) in [4.78, 5) is 21.0. The van der Waals surface area contributed by atoms with E-state index in [-0.39, 0.29) is 11.9 Å². The van der Waals surface area contributed by atoms with Crippen molar-refractivity contribution < 1.29 is 14.3 Å². The summed E-state index contributed by atoms with van der Waals surface area (Å²) in [7, 11) is 0. The number of hydrogen-bond donors (Lipinski definition) is 1. The molecule has 1 N–H and O–H groups in total. The van der Waals surface area contributed by atoms with E-state index in [9.17, 15) is 4.79 Å². The van der Waals surface area contributed by atoms with Gasteiger partial charge in [-0.25, -0.2) is 9.97 Å². The molecule has 0 spiro atoms. The Morgan fingerprint density at radius 1 is 1.32 bits per heavy atom. The molecule has 1 aliphatic heterocycles. The van der Waals surface area contributed by atoms with Crippen LogP contribution in [0, 0.1) is 0 Å². The average molecular weight is 338 g/mol. The van der Waals surface area contributed by atoms with Gasteiger partial charge in [-0.1, -0.05) is 13.0 Å². The molecule has 3 heterocycles. The first-order valence-corrected chi connectivity index (χ1v) is 8.24. The molecule has 4 rings (SSSR count). The zero-order valence-corrected chi connectivity index (χ0v) is 13.8. The normalized spacial score (nSPS) is 14.3. The highest BCUT2D eigenvalue weighted by atomic mass is 16.6. The van der Waals surface area contributed by atoms with Gasteiger partial charge in [-0.15, -0.1) is 0 Å². The Bertz CT molecular complexity index is 889. The summed E-state index contributed by atoms with van der Waals surface area (Å²) >= 11 is 0. The zero-order chi connectivity index (χ0) is 17.2. The molecule has 3 aromatic rings. The summed E-state index contributed by atoms with van der Waals surface area (Å²) in [5.74, 6) is 1.73. The molecule has 0 saturated heterocycles. The molecule has 0 saturated carbocycles. The molecule has 7 heteroatoms. The van der Waals surface area contributed by atoms with Gasteiger partial charge in [0.1, 0.15) is 18.9 Å². The number of amides is 1. The first-order chi connectivity index (χ1) is 12.2. The van der Waals surface area contributed by atoms with Gasteiger partial charge in [0.15, 0.2) is 11.5 Å². The number of nitrogens with one attached hydrogen (secondary N) is 1. The van der Waals surface area contributed by atoms with Crippen LogP contribution in [0.1, 0.15) is 35.4 Å². The summed E-state index contributed by atoms with van der Waals surface area (Å²) in [6.07, 6.45) is 5.88. The monoisotopic (exact) mass is 338 g/mol. The molecule has 0 fully saturated rings. The van der Waals surface area contributed by atoms with Gasteiger partial charge in [0.05, 0.1) is 6.04 Å². The SMILES string of the molecule is CCC(NC(=O)c1cn2cccnc2n1)c1ccc2c(c1)OCCO2. The Hall–Kier alpha value is -3.09. The number of imidazole rings is 1. The predicted octanol–water partition coefficient (Wildman–Crippen LogP) is 2.38. The highest BCUT2D eigenvalue weighted by Gasteiger charge is 2.19. The van der Waals surface area contributed by atoms with Crippen molar-refractivity contribution in [2.24, 2.45) is 0 Å². The van der Waals surface area contributed by atoms with Crippen molar-refractivity contribution in [3.8, 4) is 11.5 Å². The van der Waals surface area contributed by atoms with E-state index in [1.165, 1.54) is 0 Å². The van der Waals surface area contributed by atoms with E-state index in [1.54, 1.807) is 22.9 Å². The maximum Gasteiger partial charge on any atom is 0.272 e. The second-order valence-corrected chi connectivity index (χ2v) is 5.79. The van der Waals surface area contributed by atoms with Gasteiger partial charge >= 0.3 is 0 Å². The Morgan fingerprint density at radius 3 is 2.96 bits per heavy atom. The van der Waals surface area contributed by atoms with E-state index in [0.29, 0.717) is 30.4 Å². The summed E-state index contributed by atoms with van der Waals surface area (Å²) in [5.41, 5.74) is 1.32. The molecule has 0 aliphatic carbocycles. The maximum absolute atomic E-state index is 12.6. The fourth-order valence-electron chi connectivity index (χ4n) is 2.87. The first-order valence-electron chi connectivity index (χ1n) is 8.24. The van der Waals surface area contributed by atoms with Crippen LogP contribution in [0.25, 0.3) is 5.78 Å². The van der Waals surface area contributed by atoms with Crippen LogP contribution in [0.5, 0.6) is 11.5 Å². The molecule has 1 aromatic carbocycles. The average Bonchev–Trinajstić information content (AvgIpc) is 3.10. The van der Waals surface area contributed by atoms with Crippen LogP contribution in [-0.2, 0) is 0 Å². The van der Waals surface area contributed by atoms with Crippen molar-refractivity contribution >= 4 is 11.7 Å². The molecule has 0 radical (unpaired) electrons. The molecule has 7 nitrogen and oxygen atoms in total. The topological polar surface area (TPSA) is 77.8 Å². The van der Waals surface area contributed by atoms with Crippen molar-refractivity contribution in [2.45, 2.75) is 19.4 Å². The molecule has 25 heavy (non-hydrogen) atoms. The number of carbonyl (C=O) groups excluding carboxylic acids is 1. The third-order valence-corrected chi connectivity index (χ3v) is 4.15. The van der Waals surface area contributed by atoms with Gasteiger partial charge in [0.2, 0.25) is 5.78 Å². The first kappa shape index (κ1) is 15.4. The Kier molecular flexibility index (Phi) is 3.97. The number of fused-ring (bicyclic) bond motifs is 2. The smallest absolute Gasteiger partial charge is 0.272 e. The number of benzene rings is 1. The summed E-state index contributed by atoms with van der Waals surface area (Å²) in [6.45, 7) is 3.11. The summed E-state index contributed by atoms with van der Waals surface area (Å²) in [6, 6.07) is 7.41. The molecular formula is C18H18N4O3. The Balaban J connectivity index is 1.56. The molecule has 1 aliphatic rings. The fraction of sp³-hybridized carbons (Fsp3) is 0.278. The second-order valence-electron chi connectivity index (χ2n) is 5.79. The minimum Gasteiger partial charge on any atom is -0.486 e.